The lowest BCUT2D eigenvalue weighted by Gasteiger charge is -2.28. The van der Waals surface area contributed by atoms with Crippen molar-refractivity contribution in [3.8, 4) is 0 Å². The minimum absolute atomic E-state index is 0.676. The first-order valence-corrected chi connectivity index (χ1v) is 7.86. The molecule has 0 unspecified atom stereocenters. The molecule has 0 aromatic heterocycles. The first-order chi connectivity index (χ1) is 10.3. The van der Waals surface area contributed by atoms with Gasteiger partial charge in [0.15, 0.2) is 0 Å². The maximum absolute atomic E-state index is 3.33. The molecule has 1 atom stereocenters. The van der Waals surface area contributed by atoms with Gasteiger partial charge in [0.1, 0.15) is 0 Å². The number of hydrogen-bond donors (Lipinski definition) is 1. The minimum atomic E-state index is 0.676. The molecule has 110 valence electrons. The summed E-state index contributed by atoms with van der Waals surface area (Å²) in [6, 6.07) is 17.5. The number of anilines is 2. The predicted molar refractivity (Wildman–Crippen MR) is 90.6 cm³/mol. The summed E-state index contributed by atoms with van der Waals surface area (Å²) in [5.41, 5.74) is 5.59. The number of nitrogens with zero attached hydrogens (tertiary/aromatic N) is 1. The zero-order valence-electron chi connectivity index (χ0n) is 13.0. The molecule has 0 fully saturated rings. The van der Waals surface area contributed by atoms with E-state index in [-0.39, 0.29) is 0 Å². The number of nitrogens with one attached hydrogen (secondary N) is 1. The number of rotatable bonds is 4. The molecule has 0 saturated carbocycles. The Hall–Kier alpha value is -1.80. The van der Waals surface area contributed by atoms with Gasteiger partial charge in [-0.05, 0) is 67.6 Å². The van der Waals surface area contributed by atoms with Crippen LogP contribution >= 0.6 is 0 Å². The molecule has 0 radical (unpaired) electrons. The van der Waals surface area contributed by atoms with Crippen LogP contribution < -0.4 is 10.2 Å². The molecule has 1 aliphatic carbocycles. The third kappa shape index (κ3) is 2.96. The molecule has 0 bridgehead atoms. The van der Waals surface area contributed by atoms with Crippen molar-refractivity contribution in [1.82, 2.24) is 5.32 Å². The number of likely N-dealkylation sites (N-methyl/N-ethyl adjacent to an activating group) is 1. The topological polar surface area (TPSA) is 15.3 Å². The molecule has 0 amide bonds. The van der Waals surface area contributed by atoms with Gasteiger partial charge >= 0.3 is 0 Å². The lowest BCUT2D eigenvalue weighted by atomic mass is 9.82. The second-order valence-corrected chi connectivity index (χ2v) is 5.92. The highest BCUT2D eigenvalue weighted by Crippen LogP contribution is 2.34. The molecule has 3 rings (SSSR count). The molecule has 2 aromatic rings. The van der Waals surface area contributed by atoms with E-state index in [9.17, 15) is 0 Å². The van der Waals surface area contributed by atoms with Crippen molar-refractivity contribution in [2.24, 2.45) is 0 Å². The molecule has 1 N–H and O–H groups in total. The Balaban J connectivity index is 1.89. The molecule has 21 heavy (non-hydrogen) atoms. The lowest BCUT2D eigenvalue weighted by Crippen LogP contribution is -2.21. The van der Waals surface area contributed by atoms with E-state index in [2.05, 4.69) is 65.8 Å². The fourth-order valence-electron chi connectivity index (χ4n) is 3.37. The van der Waals surface area contributed by atoms with Crippen LogP contribution in [0.5, 0.6) is 0 Å². The van der Waals surface area contributed by atoms with E-state index in [1.165, 1.54) is 36.2 Å². The summed E-state index contributed by atoms with van der Waals surface area (Å²) in [6.45, 7) is 1.08. The highest BCUT2D eigenvalue weighted by atomic mass is 15.1. The molecular weight excluding hydrogens is 256 g/mol. The van der Waals surface area contributed by atoms with Crippen molar-refractivity contribution in [2.75, 3.05) is 25.5 Å². The van der Waals surface area contributed by atoms with Gasteiger partial charge in [-0.25, -0.2) is 0 Å². The Morgan fingerprint density at radius 1 is 1.10 bits per heavy atom. The van der Waals surface area contributed by atoms with E-state index >= 15 is 0 Å². The average molecular weight is 280 g/mol. The van der Waals surface area contributed by atoms with Crippen LogP contribution in [0.4, 0.5) is 11.4 Å². The molecule has 1 aliphatic rings. The molecule has 0 heterocycles. The van der Waals surface area contributed by atoms with Crippen molar-refractivity contribution < 1.29 is 0 Å². The van der Waals surface area contributed by atoms with Gasteiger partial charge in [-0.3, -0.25) is 0 Å². The molecule has 2 nitrogen and oxygen atoms in total. The lowest BCUT2D eigenvalue weighted by molar-refractivity contribution is 0.529. The number of fused-ring (bicyclic) bond motifs is 1. The van der Waals surface area contributed by atoms with Crippen LogP contribution in [-0.2, 0) is 6.42 Å². The number of benzene rings is 2. The van der Waals surface area contributed by atoms with Gasteiger partial charge in [0.25, 0.3) is 0 Å². The normalized spacial score (nSPS) is 17.3. The number of para-hydroxylation sites is 1. The Morgan fingerprint density at radius 2 is 1.90 bits per heavy atom. The zero-order valence-corrected chi connectivity index (χ0v) is 13.0. The number of hydrogen-bond acceptors (Lipinski definition) is 2. The fourth-order valence-corrected chi connectivity index (χ4v) is 3.37. The SMILES string of the molecule is CNC[C@@H]1CCCc2cc(N(C)c3ccccc3)ccc21. The van der Waals surface area contributed by atoms with E-state index in [1.54, 1.807) is 5.56 Å². The third-order valence-corrected chi connectivity index (χ3v) is 4.55. The van der Waals surface area contributed by atoms with Crippen molar-refractivity contribution in [1.29, 1.82) is 0 Å². The van der Waals surface area contributed by atoms with E-state index < -0.39 is 0 Å². The summed E-state index contributed by atoms with van der Waals surface area (Å²) >= 11 is 0. The molecule has 0 spiro atoms. The smallest absolute Gasteiger partial charge is 0.0411 e. The summed E-state index contributed by atoms with van der Waals surface area (Å²) in [4.78, 5) is 2.27. The summed E-state index contributed by atoms with van der Waals surface area (Å²) in [5.74, 6) is 0.676. The van der Waals surface area contributed by atoms with Gasteiger partial charge in [-0.1, -0.05) is 24.3 Å². The van der Waals surface area contributed by atoms with Gasteiger partial charge in [0.05, 0.1) is 0 Å². The Bertz CT molecular complexity index is 592. The van der Waals surface area contributed by atoms with E-state index in [1.807, 2.05) is 7.05 Å². The Morgan fingerprint density at radius 3 is 2.67 bits per heavy atom. The van der Waals surface area contributed by atoms with Crippen molar-refractivity contribution in [2.45, 2.75) is 25.2 Å². The van der Waals surface area contributed by atoms with E-state index in [0.717, 1.165) is 6.54 Å². The standard InChI is InChI=1S/C19H24N2/c1-20-14-16-8-6-7-15-13-18(11-12-19(15)16)21(2)17-9-4-3-5-10-17/h3-5,9-13,16,20H,6-8,14H2,1-2H3/t16-/m0/s1. The van der Waals surface area contributed by atoms with Crippen LogP contribution in [0.1, 0.15) is 29.9 Å². The summed E-state index contributed by atoms with van der Waals surface area (Å²) in [5, 5.41) is 3.33. The first-order valence-electron chi connectivity index (χ1n) is 7.86. The van der Waals surface area contributed by atoms with Crippen LogP contribution in [-0.4, -0.2) is 20.6 Å². The third-order valence-electron chi connectivity index (χ3n) is 4.55. The van der Waals surface area contributed by atoms with Gasteiger partial charge in [0, 0.05) is 25.0 Å². The molecular formula is C19H24N2. The van der Waals surface area contributed by atoms with Gasteiger partial charge in [-0.2, -0.15) is 0 Å². The maximum atomic E-state index is 3.33. The summed E-state index contributed by atoms with van der Waals surface area (Å²) in [7, 11) is 4.19. The van der Waals surface area contributed by atoms with Crippen LogP contribution in [0.25, 0.3) is 0 Å². The monoisotopic (exact) mass is 280 g/mol. The minimum Gasteiger partial charge on any atom is -0.345 e. The summed E-state index contributed by atoms with van der Waals surface area (Å²) < 4.78 is 0. The second kappa shape index (κ2) is 6.31. The van der Waals surface area contributed by atoms with Gasteiger partial charge < -0.3 is 10.2 Å². The molecule has 0 aliphatic heterocycles. The highest BCUT2D eigenvalue weighted by Gasteiger charge is 2.20. The van der Waals surface area contributed by atoms with Crippen LogP contribution in [0.3, 0.4) is 0 Å². The van der Waals surface area contributed by atoms with Crippen molar-refractivity contribution >= 4 is 11.4 Å². The molecule has 2 aromatic carbocycles. The zero-order chi connectivity index (χ0) is 14.7. The van der Waals surface area contributed by atoms with E-state index in [4.69, 9.17) is 0 Å². The first kappa shape index (κ1) is 14.2. The van der Waals surface area contributed by atoms with Gasteiger partial charge in [0.2, 0.25) is 0 Å². The van der Waals surface area contributed by atoms with Crippen LogP contribution in [0.2, 0.25) is 0 Å². The van der Waals surface area contributed by atoms with Crippen LogP contribution in [0.15, 0.2) is 48.5 Å². The van der Waals surface area contributed by atoms with E-state index in [0.29, 0.717) is 5.92 Å². The Kier molecular flexibility index (Phi) is 4.26. The second-order valence-electron chi connectivity index (χ2n) is 5.92. The Labute approximate surface area is 127 Å². The highest BCUT2D eigenvalue weighted by molar-refractivity contribution is 5.64. The number of aryl methyl sites for hydroxylation is 1. The van der Waals surface area contributed by atoms with Gasteiger partial charge in [-0.15, -0.1) is 0 Å². The maximum Gasteiger partial charge on any atom is 0.0411 e. The molecule has 0 saturated heterocycles. The van der Waals surface area contributed by atoms with Crippen LogP contribution in [0, 0.1) is 0 Å². The quantitative estimate of drug-likeness (QED) is 0.907. The molecule has 2 heteroatoms. The average Bonchev–Trinajstić information content (AvgIpc) is 2.55. The summed E-state index contributed by atoms with van der Waals surface area (Å²) in [6.07, 6.45) is 3.82. The predicted octanol–water partition coefficient (Wildman–Crippen LogP) is 4.09. The fraction of sp³-hybridized carbons (Fsp3) is 0.368. The van der Waals surface area contributed by atoms with Crippen molar-refractivity contribution in [3.05, 3.63) is 59.7 Å². The largest absolute Gasteiger partial charge is 0.345 e. The van der Waals surface area contributed by atoms with Crippen molar-refractivity contribution in [3.63, 3.8) is 0 Å².